The Labute approximate surface area is 167 Å². The van der Waals surface area contributed by atoms with Gasteiger partial charge in [-0.05, 0) is 55.6 Å². The fourth-order valence-corrected chi connectivity index (χ4v) is 4.58. The van der Waals surface area contributed by atoms with Gasteiger partial charge in [0.05, 0.1) is 6.61 Å². The molecule has 6 nitrogen and oxygen atoms in total. The van der Waals surface area contributed by atoms with Gasteiger partial charge in [0, 0.05) is 37.3 Å². The molecule has 0 radical (unpaired) electrons. The van der Waals surface area contributed by atoms with Crippen molar-refractivity contribution in [2.75, 3.05) is 32.0 Å². The average molecular weight is 382 g/mol. The number of benzene rings is 1. The van der Waals surface area contributed by atoms with Gasteiger partial charge in [-0.2, -0.15) is 0 Å². The van der Waals surface area contributed by atoms with E-state index in [-0.39, 0.29) is 0 Å². The van der Waals surface area contributed by atoms with E-state index in [1.807, 2.05) is 42.6 Å². The highest BCUT2D eigenvalue weighted by Gasteiger charge is 2.38. The number of nitrogens with two attached hydrogens (primary N) is 1. The Morgan fingerprint density at radius 3 is 2.93 bits per heavy atom. The molecule has 4 rings (SSSR count). The van der Waals surface area contributed by atoms with Crippen LogP contribution in [0.25, 0.3) is 0 Å². The highest BCUT2D eigenvalue weighted by atomic mass is 16.5. The number of ether oxygens (including phenoxy) is 1. The fraction of sp³-hybridized carbons (Fsp3) is 0.500. The molecule has 2 aromatic rings. The van der Waals surface area contributed by atoms with Gasteiger partial charge in [0.15, 0.2) is 0 Å². The molecule has 2 aliphatic heterocycles. The standard InChI is InChI=1S/C22H31N5O/c23-21-15-17(10-11-24-21)19-16-25-26-22(19)20-9-4-5-12-27(20)13-6-14-28-18-7-2-1-3-8-18/h1-3,7-8,10-11,15,19-20,22,25-26H,4-6,9,12-14,16H2,(H2,23,24). The first-order valence-corrected chi connectivity index (χ1v) is 10.4. The molecule has 0 aliphatic carbocycles. The van der Waals surface area contributed by atoms with E-state index in [1.54, 1.807) is 0 Å². The third-order valence-corrected chi connectivity index (χ3v) is 5.94. The molecule has 2 aliphatic rings. The van der Waals surface area contributed by atoms with Crippen LogP contribution >= 0.6 is 0 Å². The Morgan fingerprint density at radius 2 is 2.07 bits per heavy atom. The van der Waals surface area contributed by atoms with Crippen molar-refractivity contribution in [1.29, 1.82) is 0 Å². The number of likely N-dealkylation sites (tertiary alicyclic amines) is 1. The minimum Gasteiger partial charge on any atom is -0.494 e. The third-order valence-electron chi connectivity index (χ3n) is 5.94. The minimum absolute atomic E-state index is 0.386. The molecule has 2 fully saturated rings. The summed E-state index contributed by atoms with van der Waals surface area (Å²) in [4.78, 5) is 6.80. The van der Waals surface area contributed by atoms with E-state index in [4.69, 9.17) is 10.5 Å². The lowest BCUT2D eigenvalue weighted by Gasteiger charge is -2.41. The quantitative estimate of drug-likeness (QED) is 0.640. The summed E-state index contributed by atoms with van der Waals surface area (Å²) in [6, 6.07) is 15.1. The summed E-state index contributed by atoms with van der Waals surface area (Å²) >= 11 is 0. The van der Waals surface area contributed by atoms with Crippen LogP contribution in [-0.4, -0.2) is 48.2 Å². The van der Waals surface area contributed by atoms with Crippen molar-refractivity contribution < 1.29 is 4.74 Å². The van der Waals surface area contributed by atoms with E-state index in [9.17, 15) is 0 Å². The molecule has 1 aromatic carbocycles. The molecule has 0 saturated carbocycles. The van der Waals surface area contributed by atoms with Gasteiger partial charge in [-0.25, -0.2) is 4.98 Å². The third kappa shape index (κ3) is 4.63. The number of piperidine rings is 1. The molecular weight excluding hydrogens is 350 g/mol. The predicted octanol–water partition coefficient (Wildman–Crippen LogP) is 2.55. The number of nitrogen functional groups attached to an aromatic ring is 1. The summed E-state index contributed by atoms with van der Waals surface area (Å²) in [5.41, 5.74) is 14.1. The summed E-state index contributed by atoms with van der Waals surface area (Å²) < 4.78 is 5.89. The number of rotatable bonds is 7. The van der Waals surface area contributed by atoms with Gasteiger partial charge in [-0.3, -0.25) is 15.8 Å². The number of hydrogen-bond acceptors (Lipinski definition) is 6. The van der Waals surface area contributed by atoms with Gasteiger partial charge >= 0.3 is 0 Å². The number of nitrogens with one attached hydrogen (secondary N) is 2. The first-order chi connectivity index (χ1) is 13.8. The van der Waals surface area contributed by atoms with Crippen molar-refractivity contribution in [1.82, 2.24) is 20.7 Å². The number of aromatic nitrogens is 1. The number of pyridine rings is 1. The SMILES string of the molecule is Nc1cc(C2CNNC2C2CCCCN2CCCOc2ccccc2)ccn1. The van der Waals surface area contributed by atoms with E-state index in [1.165, 1.54) is 31.4 Å². The molecule has 150 valence electrons. The summed E-state index contributed by atoms with van der Waals surface area (Å²) in [7, 11) is 0. The van der Waals surface area contributed by atoms with Crippen molar-refractivity contribution in [2.24, 2.45) is 0 Å². The molecular formula is C22H31N5O. The van der Waals surface area contributed by atoms with Crippen LogP contribution in [0.2, 0.25) is 0 Å². The van der Waals surface area contributed by atoms with Crippen molar-refractivity contribution in [3.63, 3.8) is 0 Å². The smallest absolute Gasteiger partial charge is 0.123 e. The summed E-state index contributed by atoms with van der Waals surface area (Å²) in [6.07, 6.45) is 6.67. The Balaban J connectivity index is 1.36. The van der Waals surface area contributed by atoms with Gasteiger partial charge in [-0.1, -0.05) is 24.6 Å². The van der Waals surface area contributed by atoms with Crippen LogP contribution in [0, 0.1) is 0 Å². The van der Waals surface area contributed by atoms with Gasteiger partial charge in [0.1, 0.15) is 11.6 Å². The van der Waals surface area contributed by atoms with E-state index >= 15 is 0 Å². The van der Waals surface area contributed by atoms with E-state index < -0.39 is 0 Å². The zero-order chi connectivity index (χ0) is 19.2. The number of hydrogen-bond donors (Lipinski definition) is 3. The zero-order valence-electron chi connectivity index (χ0n) is 16.4. The highest BCUT2D eigenvalue weighted by molar-refractivity contribution is 5.35. The van der Waals surface area contributed by atoms with Crippen molar-refractivity contribution in [2.45, 2.75) is 43.7 Å². The van der Waals surface area contributed by atoms with Crippen LogP contribution in [-0.2, 0) is 0 Å². The molecule has 3 atom stereocenters. The van der Waals surface area contributed by atoms with Crippen LogP contribution in [0.5, 0.6) is 5.75 Å². The van der Waals surface area contributed by atoms with Crippen LogP contribution in [0.15, 0.2) is 48.7 Å². The topological polar surface area (TPSA) is 75.4 Å². The van der Waals surface area contributed by atoms with Crippen LogP contribution in [0.1, 0.15) is 37.2 Å². The monoisotopic (exact) mass is 381 g/mol. The van der Waals surface area contributed by atoms with Crippen LogP contribution in [0.3, 0.4) is 0 Å². The Hall–Kier alpha value is -2.15. The molecule has 2 saturated heterocycles. The lowest BCUT2D eigenvalue weighted by molar-refractivity contribution is 0.106. The maximum absolute atomic E-state index is 5.93. The van der Waals surface area contributed by atoms with E-state index in [0.717, 1.165) is 31.9 Å². The second-order valence-corrected chi connectivity index (χ2v) is 7.79. The molecule has 3 unspecified atom stereocenters. The second kappa shape index (κ2) is 9.37. The van der Waals surface area contributed by atoms with Crippen molar-refractivity contribution >= 4 is 5.82 Å². The summed E-state index contributed by atoms with van der Waals surface area (Å²) in [6.45, 7) is 3.92. The van der Waals surface area contributed by atoms with Crippen molar-refractivity contribution in [3.05, 3.63) is 54.2 Å². The second-order valence-electron chi connectivity index (χ2n) is 7.79. The largest absolute Gasteiger partial charge is 0.494 e. The molecule has 3 heterocycles. The Bertz CT molecular complexity index is 741. The van der Waals surface area contributed by atoms with Gasteiger partial charge in [0.2, 0.25) is 0 Å². The molecule has 0 amide bonds. The molecule has 0 spiro atoms. The van der Waals surface area contributed by atoms with Crippen LogP contribution in [0.4, 0.5) is 5.82 Å². The minimum atomic E-state index is 0.386. The lowest BCUT2D eigenvalue weighted by atomic mass is 9.84. The maximum Gasteiger partial charge on any atom is 0.123 e. The fourth-order valence-electron chi connectivity index (χ4n) is 4.58. The highest BCUT2D eigenvalue weighted by Crippen LogP contribution is 2.31. The van der Waals surface area contributed by atoms with Crippen LogP contribution < -0.4 is 21.3 Å². The molecule has 1 aromatic heterocycles. The molecule has 28 heavy (non-hydrogen) atoms. The first kappa shape index (κ1) is 19.2. The lowest BCUT2D eigenvalue weighted by Crippen LogP contribution is -2.53. The molecule has 0 bridgehead atoms. The average Bonchev–Trinajstić information content (AvgIpc) is 3.22. The number of anilines is 1. The van der Waals surface area contributed by atoms with E-state index in [2.05, 4.69) is 26.8 Å². The zero-order valence-corrected chi connectivity index (χ0v) is 16.4. The van der Waals surface area contributed by atoms with Crippen molar-refractivity contribution in [3.8, 4) is 5.75 Å². The van der Waals surface area contributed by atoms with Gasteiger partial charge in [0.25, 0.3) is 0 Å². The summed E-state index contributed by atoms with van der Waals surface area (Å²) in [5.74, 6) is 1.97. The van der Waals surface area contributed by atoms with Gasteiger partial charge < -0.3 is 10.5 Å². The molecule has 6 heteroatoms. The Kier molecular flexibility index (Phi) is 6.41. The number of para-hydroxylation sites is 1. The summed E-state index contributed by atoms with van der Waals surface area (Å²) in [5, 5.41) is 0. The first-order valence-electron chi connectivity index (χ1n) is 10.4. The van der Waals surface area contributed by atoms with E-state index in [0.29, 0.717) is 23.8 Å². The maximum atomic E-state index is 5.93. The predicted molar refractivity (Wildman–Crippen MR) is 112 cm³/mol. The normalized spacial score (nSPS) is 25.6. The Morgan fingerprint density at radius 1 is 1.18 bits per heavy atom. The van der Waals surface area contributed by atoms with Gasteiger partial charge in [-0.15, -0.1) is 0 Å². The molecule has 4 N–H and O–H groups in total. The number of hydrazine groups is 1. The number of nitrogens with zero attached hydrogens (tertiary/aromatic N) is 2.